The number of rotatable bonds is 5. The summed E-state index contributed by atoms with van der Waals surface area (Å²) >= 11 is 1.87. The van der Waals surface area contributed by atoms with Crippen LogP contribution < -0.4 is 0 Å². The number of hydrogen-bond donors (Lipinski definition) is 0. The summed E-state index contributed by atoms with van der Waals surface area (Å²) in [5, 5.41) is 2.59. The number of aromatic nitrogens is 3. The maximum Gasteiger partial charge on any atom is 0.164 e. The molecular formula is C37H27N3S. The van der Waals surface area contributed by atoms with Gasteiger partial charge in [0, 0.05) is 36.9 Å². The molecule has 0 aliphatic carbocycles. The number of nitrogens with zero attached hydrogens (tertiary/aromatic N) is 3. The van der Waals surface area contributed by atoms with E-state index in [1.54, 1.807) is 0 Å². The minimum absolute atomic E-state index is 0.661. The molecule has 0 saturated heterocycles. The second-order valence-electron chi connectivity index (χ2n) is 10.1. The summed E-state index contributed by atoms with van der Waals surface area (Å²) in [6, 6.07) is 42.0. The highest BCUT2D eigenvalue weighted by molar-refractivity contribution is 7.26. The largest absolute Gasteiger partial charge is 0.208 e. The van der Waals surface area contributed by atoms with Crippen LogP contribution in [0, 0.1) is 0 Å². The molecule has 4 heteroatoms. The predicted octanol–water partition coefficient (Wildman–Crippen LogP) is 10.3. The molecule has 196 valence electrons. The van der Waals surface area contributed by atoms with Gasteiger partial charge < -0.3 is 0 Å². The molecule has 0 unspecified atom stereocenters. The summed E-state index contributed by atoms with van der Waals surface area (Å²) in [5.41, 5.74) is 7.85. The first kappa shape index (κ1) is 25.1. The maximum atomic E-state index is 4.95. The van der Waals surface area contributed by atoms with Crippen molar-refractivity contribution in [1.29, 1.82) is 0 Å². The van der Waals surface area contributed by atoms with E-state index < -0.39 is 0 Å². The minimum atomic E-state index is 0.661. The molecular weight excluding hydrogens is 518 g/mol. The molecule has 0 aliphatic heterocycles. The lowest BCUT2D eigenvalue weighted by molar-refractivity contribution is 1.07. The Balaban J connectivity index is 1.40. The van der Waals surface area contributed by atoms with E-state index in [1.807, 2.05) is 72.0 Å². The van der Waals surface area contributed by atoms with Crippen LogP contribution in [0.5, 0.6) is 0 Å². The molecule has 0 atom stereocenters. The van der Waals surface area contributed by atoms with Gasteiger partial charge in [-0.25, -0.2) is 15.0 Å². The van der Waals surface area contributed by atoms with Gasteiger partial charge in [0.15, 0.2) is 17.5 Å². The molecule has 7 rings (SSSR count). The standard InChI is InChI=1S/C37H27N3S/c1-3-24(2)29-19-11-21-31-32-22-12-20-30(34(32)41-33(29)31)27-17-10-18-28(23-27)37-39-35(25-13-6-4-7-14-25)38-36(40-37)26-15-8-5-9-16-26/h3-23H,1-2H3/b24-3+. The number of benzene rings is 5. The van der Waals surface area contributed by atoms with E-state index in [-0.39, 0.29) is 0 Å². The highest BCUT2D eigenvalue weighted by Crippen LogP contribution is 2.43. The molecule has 3 nitrogen and oxygen atoms in total. The molecule has 0 N–H and O–H groups in total. The first-order chi connectivity index (χ1) is 20.2. The van der Waals surface area contributed by atoms with Crippen LogP contribution >= 0.6 is 11.3 Å². The summed E-state index contributed by atoms with van der Waals surface area (Å²) in [7, 11) is 0. The van der Waals surface area contributed by atoms with Crippen LogP contribution in [0.2, 0.25) is 0 Å². The number of allylic oxidation sites excluding steroid dienone is 2. The zero-order valence-electron chi connectivity index (χ0n) is 22.9. The Labute approximate surface area is 243 Å². The van der Waals surface area contributed by atoms with Crippen molar-refractivity contribution in [2.45, 2.75) is 13.8 Å². The molecule has 0 spiro atoms. The van der Waals surface area contributed by atoms with Crippen molar-refractivity contribution < 1.29 is 0 Å². The zero-order valence-corrected chi connectivity index (χ0v) is 23.7. The SMILES string of the molecule is C/C=C(\C)c1cccc2c1sc1c(-c3cccc(-c4nc(-c5ccccc5)nc(-c5ccccc5)n4)c3)cccc12. The van der Waals surface area contributed by atoms with Gasteiger partial charge in [0.25, 0.3) is 0 Å². The Morgan fingerprint density at radius 3 is 1.68 bits per heavy atom. The molecule has 0 amide bonds. The quantitative estimate of drug-likeness (QED) is 0.216. The van der Waals surface area contributed by atoms with E-state index >= 15 is 0 Å². The Morgan fingerprint density at radius 2 is 1.05 bits per heavy atom. The minimum Gasteiger partial charge on any atom is -0.208 e. The fraction of sp³-hybridized carbons (Fsp3) is 0.0541. The lowest BCUT2D eigenvalue weighted by atomic mass is 9.99. The van der Waals surface area contributed by atoms with E-state index in [9.17, 15) is 0 Å². The second kappa shape index (κ2) is 10.6. The van der Waals surface area contributed by atoms with Crippen LogP contribution in [0.4, 0.5) is 0 Å². The molecule has 0 aliphatic rings. The van der Waals surface area contributed by atoms with Crippen molar-refractivity contribution in [2.75, 3.05) is 0 Å². The topological polar surface area (TPSA) is 38.7 Å². The zero-order chi connectivity index (χ0) is 27.8. The first-order valence-corrected chi connectivity index (χ1v) is 14.6. The van der Waals surface area contributed by atoms with Gasteiger partial charge in [-0.05, 0) is 42.2 Å². The van der Waals surface area contributed by atoms with Gasteiger partial charge in [0.05, 0.1) is 0 Å². The van der Waals surface area contributed by atoms with E-state index in [0.717, 1.165) is 22.3 Å². The van der Waals surface area contributed by atoms with Crippen LogP contribution in [0.25, 0.3) is 71.0 Å². The fourth-order valence-corrected chi connectivity index (χ4v) is 6.69. The average Bonchev–Trinajstić information content (AvgIpc) is 3.44. The lowest BCUT2D eigenvalue weighted by Crippen LogP contribution is -2.00. The van der Waals surface area contributed by atoms with E-state index in [2.05, 4.69) is 80.6 Å². The molecule has 2 aromatic heterocycles. The number of hydrogen-bond acceptors (Lipinski definition) is 4. The van der Waals surface area contributed by atoms with E-state index in [1.165, 1.54) is 36.9 Å². The highest BCUT2D eigenvalue weighted by Gasteiger charge is 2.16. The van der Waals surface area contributed by atoms with Gasteiger partial charge in [-0.3, -0.25) is 0 Å². The van der Waals surface area contributed by atoms with E-state index in [4.69, 9.17) is 15.0 Å². The average molecular weight is 546 g/mol. The molecule has 0 radical (unpaired) electrons. The van der Waals surface area contributed by atoms with Crippen LogP contribution in [0.1, 0.15) is 19.4 Å². The molecule has 41 heavy (non-hydrogen) atoms. The van der Waals surface area contributed by atoms with Crippen LogP contribution in [-0.4, -0.2) is 15.0 Å². The molecule has 2 heterocycles. The van der Waals surface area contributed by atoms with Gasteiger partial charge >= 0.3 is 0 Å². The van der Waals surface area contributed by atoms with Crippen LogP contribution in [-0.2, 0) is 0 Å². The maximum absolute atomic E-state index is 4.95. The van der Waals surface area contributed by atoms with Crippen molar-refractivity contribution in [3.05, 3.63) is 133 Å². The fourth-order valence-electron chi connectivity index (χ4n) is 5.28. The third kappa shape index (κ3) is 4.62. The van der Waals surface area contributed by atoms with Crippen molar-refractivity contribution in [3.8, 4) is 45.3 Å². The van der Waals surface area contributed by atoms with E-state index in [0.29, 0.717) is 17.5 Å². The van der Waals surface area contributed by atoms with Crippen molar-refractivity contribution in [3.63, 3.8) is 0 Å². The summed E-state index contributed by atoms with van der Waals surface area (Å²) in [4.78, 5) is 14.7. The molecule has 0 bridgehead atoms. The van der Waals surface area contributed by atoms with Crippen molar-refractivity contribution >= 4 is 37.1 Å². The normalized spacial score (nSPS) is 11.8. The van der Waals surface area contributed by atoms with Gasteiger partial charge in [0.1, 0.15) is 0 Å². The van der Waals surface area contributed by atoms with Crippen molar-refractivity contribution in [2.24, 2.45) is 0 Å². The van der Waals surface area contributed by atoms with Crippen LogP contribution in [0.3, 0.4) is 0 Å². The molecule has 5 aromatic carbocycles. The number of thiophene rings is 1. The highest BCUT2D eigenvalue weighted by atomic mass is 32.1. The molecule has 7 aromatic rings. The number of fused-ring (bicyclic) bond motifs is 3. The third-order valence-corrected chi connectivity index (χ3v) is 8.80. The Morgan fingerprint density at radius 1 is 0.537 bits per heavy atom. The third-order valence-electron chi connectivity index (χ3n) is 7.51. The Kier molecular flexibility index (Phi) is 6.46. The van der Waals surface area contributed by atoms with Gasteiger partial charge in [0.2, 0.25) is 0 Å². The van der Waals surface area contributed by atoms with Crippen molar-refractivity contribution in [1.82, 2.24) is 15.0 Å². The predicted molar refractivity (Wildman–Crippen MR) is 174 cm³/mol. The Bertz CT molecular complexity index is 2000. The lowest BCUT2D eigenvalue weighted by Gasteiger charge is -2.10. The van der Waals surface area contributed by atoms with Gasteiger partial charge in [-0.15, -0.1) is 11.3 Å². The van der Waals surface area contributed by atoms with Gasteiger partial charge in [-0.1, -0.05) is 121 Å². The summed E-state index contributed by atoms with van der Waals surface area (Å²) in [6.07, 6.45) is 2.19. The molecule has 0 fully saturated rings. The summed E-state index contributed by atoms with van der Waals surface area (Å²) in [6.45, 7) is 4.29. The summed E-state index contributed by atoms with van der Waals surface area (Å²) < 4.78 is 2.63. The second-order valence-corrected chi connectivity index (χ2v) is 11.1. The van der Waals surface area contributed by atoms with Crippen LogP contribution in [0.15, 0.2) is 127 Å². The Hall–Kier alpha value is -4.93. The monoisotopic (exact) mass is 545 g/mol. The smallest absolute Gasteiger partial charge is 0.164 e. The van der Waals surface area contributed by atoms with Gasteiger partial charge in [-0.2, -0.15) is 0 Å². The summed E-state index contributed by atoms with van der Waals surface area (Å²) in [5.74, 6) is 1.99. The first-order valence-electron chi connectivity index (χ1n) is 13.7. The molecule has 0 saturated carbocycles.